The van der Waals surface area contributed by atoms with Gasteiger partial charge in [-0.3, -0.25) is 9.59 Å². The standard InChI is InChI=1S/C24H21FN2O3/c1-26-24(29)19-11-8-17(9-12-19)10-13-23(28)27-21-6-3-7-22(15-21)30-16-18-4-2-5-20(25)14-18/h2-15H,16H2,1H3,(H,26,29)(H,27,28). The summed E-state index contributed by atoms with van der Waals surface area (Å²) in [6.07, 6.45) is 3.07. The van der Waals surface area contributed by atoms with Gasteiger partial charge in [0.05, 0.1) is 0 Å². The Hall–Kier alpha value is -3.93. The lowest BCUT2D eigenvalue weighted by molar-refractivity contribution is -0.111. The molecule has 0 unspecified atom stereocenters. The molecule has 0 fully saturated rings. The van der Waals surface area contributed by atoms with E-state index in [1.807, 2.05) is 0 Å². The van der Waals surface area contributed by atoms with Crippen molar-refractivity contribution in [3.05, 3.63) is 101 Å². The lowest BCUT2D eigenvalue weighted by Crippen LogP contribution is -2.17. The highest BCUT2D eigenvalue weighted by Crippen LogP contribution is 2.19. The minimum atomic E-state index is -0.313. The van der Waals surface area contributed by atoms with Gasteiger partial charge in [0.2, 0.25) is 5.91 Å². The summed E-state index contributed by atoms with van der Waals surface area (Å²) >= 11 is 0. The molecule has 0 aliphatic heterocycles. The smallest absolute Gasteiger partial charge is 0.251 e. The molecule has 0 saturated heterocycles. The van der Waals surface area contributed by atoms with Crippen molar-refractivity contribution in [2.75, 3.05) is 12.4 Å². The van der Waals surface area contributed by atoms with Gasteiger partial charge in [-0.25, -0.2) is 4.39 Å². The SMILES string of the molecule is CNC(=O)c1ccc(C=CC(=O)Nc2cccc(OCc3cccc(F)c3)c2)cc1. The lowest BCUT2D eigenvalue weighted by atomic mass is 10.1. The number of carbonyl (C=O) groups is 2. The van der Waals surface area contributed by atoms with Crippen LogP contribution in [0.4, 0.5) is 10.1 Å². The molecule has 2 N–H and O–H groups in total. The Morgan fingerprint density at radius 3 is 2.50 bits per heavy atom. The molecule has 0 radical (unpaired) electrons. The molecule has 3 aromatic carbocycles. The molecule has 6 heteroatoms. The highest BCUT2D eigenvalue weighted by atomic mass is 19.1. The summed E-state index contributed by atoms with van der Waals surface area (Å²) in [4.78, 5) is 23.7. The lowest BCUT2D eigenvalue weighted by Gasteiger charge is -2.08. The van der Waals surface area contributed by atoms with Gasteiger partial charge >= 0.3 is 0 Å². The van der Waals surface area contributed by atoms with Crippen LogP contribution in [0.15, 0.2) is 78.9 Å². The first-order valence-corrected chi connectivity index (χ1v) is 9.32. The maximum atomic E-state index is 13.2. The van der Waals surface area contributed by atoms with Gasteiger partial charge in [0.1, 0.15) is 18.2 Å². The van der Waals surface area contributed by atoms with Gasteiger partial charge in [-0.2, -0.15) is 0 Å². The third kappa shape index (κ3) is 6.04. The van der Waals surface area contributed by atoms with Crippen LogP contribution in [0.1, 0.15) is 21.5 Å². The summed E-state index contributed by atoms with van der Waals surface area (Å²) in [5.74, 6) is -0.214. The zero-order valence-corrected chi connectivity index (χ0v) is 16.4. The van der Waals surface area contributed by atoms with E-state index in [0.29, 0.717) is 17.0 Å². The van der Waals surface area contributed by atoms with Crippen molar-refractivity contribution in [2.45, 2.75) is 6.61 Å². The van der Waals surface area contributed by atoms with E-state index in [9.17, 15) is 14.0 Å². The molecule has 0 heterocycles. The van der Waals surface area contributed by atoms with E-state index < -0.39 is 0 Å². The summed E-state index contributed by atoms with van der Waals surface area (Å²) in [6, 6.07) is 20.1. The van der Waals surface area contributed by atoms with Crippen LogP contribution in [0.3, 0.4) is 0 Å². The van der Waals surface area contributed by atoms with Gasteiger partial charge < -0.3 is 15.4 Å². The van der Waals surface area contributed by atoms with Crippen molar-refractivity contribution in [1.29, 1.82) is 0 Å². The molecule has 5 nitrogen and oxygen atoms in total. The second-order valence-electron chi connectivity index (χ2n) is 6.47. The van der Waals surface area contributed by atoms with Crippen LogP contribution >= 0.6 is 0 Å². The highest BCUT2D eigenvalue weighted by Gasteiger charge is 2.03. The first kappa shape index (κ1) is 20.8. The number of hydrogen-bond acceptors (Lipinski definition) is 3. The van der Waals surface area contributed by atoms with E-state index in [2.05, 4.69) is 10.6 Å². The minimum absolute atomic E-state index is 0.164. The van der Waals surface area contributed by atoms with Crippen molar-refractivity contribution < 1.29 is 18.7 Å². The fourth-order valence-corrected chi connectivity index (χ4v) is 2.70. The molecule has 30 heavy (non-hydrogen) atoms. The quantitative estimate of drug-likeness (QED) is 0.573. The second-order valence-corrected chi connectivity index (χ2v) is 6.47. The molecule has 0 atom stereocenters. The topological polar surface area (TPSA) is 67.4 Å². The van der Waals surface area contributed by atoms with Gasteiger partial charge in [0.15, 0.2) is 0 Å². The molecule has 0 bridgehead atoms. The normalized spacial score (nSPS) is 10.6. The molecule has 0 spiro atoms. The molecule has 0 aliphatic carbocycles. The molecule has 0 aliphatic rings. The van der Waals surface area contributed by atoms with Crippen LogP contribution in [0, 0.1) is 5.82 Å². The first-order chi connectivity index (χ1) is 14.5. The van der Waals surface area contributed by atoms with Crippen LogP contribution in [0.5, 0.6) is 5.75 Å². The van der Waals surface area contributed by atoms with Crippen LogP contribution in [-0.4, -0.2) is 18.9 Å². The summed E-state index contributed by atoms with van der Waals surface area (Å²) in [5.41, 5.74) is 2.64. The number of benzene rings is 3. The second kappa shape index (κ2) is 10.0. The fraction of sp³-hybridized carbons (Fsp3) is 0.0833. The summed E-state index contributed by atoms with van der Waals surface area (Å²) < 4.78 is 18.9. The van der Waals surface area contributed by atoms with Crippen LogP contribution < -0.4 is 15.4 Å². The minimum Gasteiger partial charge on any atom is -0.489 e. The van der Waals surface area contributed by atoms with Gasteiger partial charge in [-0.1, -0.05) is 30.3 Å². The summed E-state index contributed by atoms with van der Waals surface area (Å²) in [6.45, 7) is 0.223. The third-order valence-electron chi connectivity index (χ3n) is 4.22. The zero-order chi connectivity index (χ0) is 21.3. The van der Waals surface area contributed by atoms with E-state index in [-0.39, 0.29) is 24.2 Å². The molecule has 3 rings (SSSR count). The number of hydrogen-bond donors (Lipinski definition) is 2. The van der Waals surface area contributed by atoms with Crippen LogP contribution in [-0.2, 0) is 11.4 Å². The molecular weight excluding hydrogens is 383 g/mol. The number of ether oxygens (including phenoxy) is 1. The molecule has 0 saturated carbocycles. The average molecular weight is 404 g/mol. The Morgan fingerprint density at radius 2 is 1.77 bits per heavy atom. The third-order valence-corrected chi connectivity index (χ3v) is 4.22. The average Bonchev–Trinajstić information content (AvgIpc) is 2.76. The fourth-order valence-electron chi connectivity index (χ4n) is 2.70. The Morgan fingerprint density at radius 1 is 1.00 bits per heavy atom. The Bertz CT molecular complexity index is 1060. The van der Waals surface area contributed by atoms with E-state index in [1.54, 1.807) is 73.8 Å². The summed E-state index contributed by atoms with van der Waals surface area (Å²) in [7, 11) is 1.57. The number of halogens is 1. The van der Waals surface area contributed by atoms with E-state index in [1.165, 1.54) is 18.2 Å². The molecular formula is C24H21FN2O3. The number of amides is 2. The zero-order valence-electron chi connectivity index (χ0n) is 16.4. The van der Waals surface area contributed by atoms with Gasteiger partial charge in [-0.05, 0) is 53.6 Å². The number of rotatable bonds is 7. The number of anilines is 1. The van der Waals surface area contributed by atoms with Crippen LogP contribution in [0.2, 0.25) is 0 Å². The van der Waals surface area contributed by atoms with Crippen molar-refractivity contribution in [2.24, 2.45) is 0 Å². The monoisotopic (exact) mass is 404 g/mol. The maximum absolute atomic E-state index is 13.2. The van der Waals surface area contributed by atoms with Crippen LogP contribution in [0.25, 0.3) is 6.08 Å². The van der Waals surface area contributed by atoms with E-state index in [4.69, 9.17) is 4.74 Å². The maximum Gasteiger partial charge on any atom is 0.251 e. The Kier molecular flexibility index (Phi) is 6.95. The first-order valence-electron chi connectivity index (χ1n) is 9.32. The largest absolute Gasteiger partial charge is 0.489 e. The van der Waals surface area contributed by atoms with E-state index in [0.717, 1.165) is 11.1 Å². The molecule has 152 valence electrons. The van der Waals surface area contributed by atoms with Gasteiger partial charge in [0, 0.05) is 30.4 Å². The van der Waals surface area contributed by atoms with Crippen molar-refractivity contribution in [3.8, 4) is 5.75 Å². The van der Waals surface area contributed by atoms with Gasteiger partial charge in [0.25, 0.3) is 5.91 Å². The van der Waals surface area contributed by atoms with E-state index >= 15 is 0 Å². The van der Waals surface area contributed by atoms with Gasteiger partial charge in [-0.15, -0.1) is 0 Å². The Balaban J connectivity index is 1.56. The summed E-state index contributed by atoms with van der Waals surface area (Å²) in [5, 5.41) is 5.32. The predicted molar refractivity (Wildman–Crippen MR) is 115 cm³/mol. The Labute approximate surface area is 174 Å². The number of nitrogens with one attached hydrogen (secondary N) is 2. The molecule has 2 amide bonds. The highest BCUT2D eigenvalue weighted by molar-refractivity contribution is 6.02. The predicted octanol–water partition coefficient (Wildman–Crippen LogP) is 4.42. The van der Waals surface area contributed by atoms with Crippen molar-refractivity contribution in [3.63, 3.8) is 0 Å². The molecule has 0 aromatic heterocycles. The molecule has 3 aromatic rings. The van der Waals surface area contributed by atoms with Crippen molar-refractivity contribution in [1.82, 2.24) is 5.32 Å². The number of carbonyl (C=O) groups excluding carboxylic acids is 2. The van der Waals surface area contributed by atoms with Crippen molar-refractivity contribution >= 4 is 23.6 Å².